The molecular formula is C14H16N4O2S. The molecule has 3 rings (SSSR count). The predicted molar refractivity (Wildman–Crippen MR) is 80.7 cm³/mol. The average Bonchev–Trinajstić information content (AvgIpc) is 3.22. The van der Waals surface area contributed by atoms with Gasteiger partial charge < -0.3 is 5.32 Å². The fourth-order valence-electron chi connectivity index (χ4n) is 2.05. The Labute approximate surface area is 125 Å². The number of carbonyl (C=O) groups is 1. The fourth-order valence-corrected chi connectivity index (χ4v) is 2.72. The third-order valence-corrected chi connectivity index (χ3v) is 4.27. The van der Waals surface area contributed by atoms with E-state index in [2.05, 4.69) is 15.4 Å². The lowest BCUT2D eigenvalue weighted by Crippen LogP contribution is -2.33. The van der Waals surface area contributed by atoms with Gasteiger partial charge in [-0.15, -0.1) is 11.3 Å². The van der Waals surface area contributed by atoms with E-state index in [9.17, 15) is 9.59 Å². The molecule has 1 N–H and O–H groups in total. The van der Waals surface area contributed by atoms with Crippen LogP contribution in [-0.2, 0) is 4.79 Å². The minimum atomic E-state index is -0.666. The quantitative estimate of drug-likeness (QED) is 0.938. The molecule has 0 spiro atoms. The smallest absolute Gasteiger partial charge is 0.267 e. The van der Waals surface area contributed by atoms with Crippen LogP contribution in [0.25, 0.3) is 0 Å². The number of carbonyl (C=O) groups excluding carboxylic acids is 1. The first-order chi connectivity index (χ1) is 10.0. The summed E-state index contributed by atoms with van der Waals surface area (Å²) < 4.78 is 1.25. The molecule has 7 heteroatoms. The average molecular weight is 304 g/mol. The van der Waals surface area contributed by atoms with E-state index in [1.807, 2.05) is 6.92 Å². The van der Waals surface area contributed by atoms with E-state index in [0.717, 1.165) is 23.4 Å². The van der Waals surface area contributed by atoms with Crippen molar-refractivity contribution >= 4 is 22.4 Å². The van der Waals surface area contributed by atoms with Crippen LogP contribution in [0.5, 0.6) is 0 Å². The van der Waals surface area contributed by atoms with Gasteiger partial charge in [0.2, 0.25) is 0 Å². The molecule has 1 unspecified atom stereocenters. The molecule has 21 heavy (non-hydrogen) atoms. The fraction of sp³-hybridized carbons (Fsp3) is 0.429. The number of nitrogens with one attached hydrogen (secondary N) is 1. The van der Waals surface area contributed by atoms with E-state index in [4.69, 9.17) is 0 Å². The van der Waals surface area contributed by atoms with Gasteiger partial charge in [0, 0.05) is 23.1 Å². The van der Waals surface area contributed by atoms with E-state index < -0.39 is 6.04 Å². The van der Waals surface area contributed by atoms with Crippen molar-refractivity contribution in [3.63, 3.8) is 0 Å². The number of hydrogen-bond donors (Lipinski definition) is 1. The van der Waals surface area contributed by atoms with Gasteiger partial charge in [0.1, 0.15) is 6.04 Å². The van der Waals surface area contributed by atoms with Crippen molar-refractivity contribution in [2.24, 2.45) is 0 Å². The van der Waals surface area contributed by atoms with Crippen LogP contribution >= 0.6 is 11.3 Å². The number of aromatic nitrogens is 3. The number of anilines is 1. The van der Waals surface area contributed by atoms with Gasteiger partial charge in [-0.25, -0.2) is 9.67 Å². The van der Waals surface area contributed by atoms with Crippen molar-refractivity contribution in [3.8, 4) is 0 Å². The summed E-state index contributed by atoms with van der Waals surface area (Å²) in [5, 5.41) is 7.59. The Kier molecular flexibility index (Phi) is 3.59. The molecule has 6 nitrogen and oxygen atoms in total. The molecular weight excluding hydrogens is 288 g/mol. The summed E-state index contributed by atoms with van der Waals surface area (Å²) in [5.74, 6) is 0.153. The van der Waals surface area contributed by atoms with E-state index in [1.165, 1.54) is 22.1 Å². The molecule has 2 aromatic heterocycles. The lowest BCUT2D eigenvalue weighted by atomic mass is 10.2. The van der Waals surface area contributed by atoms with Gasteiger partial charge in [0.25, 0.3) is 11.5 Å². The zero-order valence-electron chi connectivity index (χ0n) is 11.9. The highest BCUT2D eigenvalue weighted by molar-refractivity contribution is 7.15. The highest BCUT2D eigenvalue weighted by atomic mass is 32.1. The summed E-state index contributed by atoms with van der Waals surface area (Å²) in [7, 11) is 0. The van der Waals surface area contributed by atoms with Gasteiger partial charge in [0.05, 0.1) is 5.69 Å². The van der Waals surface area contributed by atoms with Crippen molar-refractivity contribution in [1.82, 2.24) is 14.8 Å². The van der Waals surface area contributed by atoms with Gasteiger partial charge in [-0.2, -0.15) is 5.10 Å². The van der Waals surface area contributed by atoms with Crippen molar-refractivity contribution in [2.75, 3.05) is 5.32 Å². The van der Waals surface area contributed by atoms with Crippen molar-refractivity contribution in [1.29, 1.82) is 0 Å². The van der Waals surface area contributed by atoms with E-state index in [-0.39, 0.29) is 11.5 Å². The van der Waals surface area contributed by atoms with Crippen LogP contribution in [0.2, 0.25) is 0 Å². The predicted octanol–water partition coefficient (Wildman–Crippen LogP) is 2.09. The van der Waals surface area contributed by atoms with Gasteiger partial charge in [-0.3, -0.25) is 9.59 Å². The topological polar surface area (TPSA) is 76.9 Å². The van der Waals surface area contributed by atoms with E-state index in [1.54, 1.807) is 19.2 Å². The van der Waals surface area contributed by atoms with Crippen molar-refractivity contribution in [2.45, 2.75) is 38.6 Å². The number of aryl methyl sites for hydroxylation is 1. The molecule has 0 radical (unpaired) electrons. The number of rotatable bonds is 4. The summed E-state index contributed by atoms with van der Waals surface area (Å²) in [4.78, 5) is 29.3. The zero-order chi connectivity index (χ0) is 15.0. The zero-order valence-corrected chi connectivity index (χ0v) is 12.7. The number of nitrogens with zero attached hydrogens (tertiary/aromatic N) is 3. The third kappa shape index (κ3) is 3.02. The second kappa shape index (κ2) is 5.40. The lowest BCUT2D eigenvalue weighted by molar-refractivity contribution is -0.119. The van der Waals surface area contributed by atoms with E-state index in [0.29, 0.717) is 11.0 Å². The summed E-state index contributed by atoms with van der Waals surface area (Å²) in [6.45, 7) is 3.59. The Bertz CT molecular complexity index is 733. The van der Waals surface area contributed by atoms with Crippen molar-refractivity contribution in [3.05, 3.63) is 39.3 Å². The van der Waals surface area contributed by atoms with Crippen LogP contribution in [-0.4, -0.2) is 20.7 Å². The maximum atomic E-state index is 12.2. The first-order valence-corrected chi connectivity index (χ1v) is 7.69. The molecule has 1 aliphatic carbocycles. The molecule has 0 saturated heterocycles. The van der Waals surface area contributed by atoms with Crippen molar-refractivity contribution < 1.29 is 4.79 Å². The van der Waals surface area contributed by atoms with Gasteiger partial charge in [-0.05, 0) is 32.8 Å². The summed E-state index contributed by atoms with van der Waals surface area (Å²) in [6, 6.07) is 2.57. The molecule has 2 aromatic rings. The van der Waals surface area contributed by atoms with Crippen LogP contribution < -0.4 is 10.9 Å². The highest BCUT2D eigenvalue weighted by Gasteiger charge is 2.27. The lowest BCUT2D eigenvalue weighted by Gasteiger charge is -2.13. The SMILES string of the molecule is Cc1cnc(NC(=O)C(C)n2nc(C3CC3)ccc2=O)s1. The highest BCUT2D eigenvalue weighted by Crippen LogP contribution is 2.38. The molecule has 1 atom stereocenters. The standard InChI is InChI=1S/C14H16N4O2S/c1-8-7-15-14(21-8)16-13(20)9(2)18-12(19)6-5-11(17-18)10-3-4-10/h5-7,9-10H,3-4H2,1-2H3,(H,15,16,20). The Morgan fingerprint density at radius 2 is 2.24 bits per heavy atom. The first kappa shape index (κ1) is 13.9. The molecule has 1 amide bonds. The van der Waals surface area contributed by atoms with Crippen LogP contribution in [0.3, 0.4) is 0 Å². The monoisotopic (exact) mass is 304 g/mol. The Morgan fingerprint density at radius 3 is 2.86 bits per heavy atom. The largest absolute Gasteiger partial charge is 0.300 e. The van der Waals surface area contributed by atoms with Gasteiger partial charge in [0.15, 0.2) is 5.13 Å². The van der Waals surface area contributed by atoms with Crippen LogP contribution in [0.15, 0.2) is 23.1 Å². The second-order valence-corrected chi connectivity index (χ2v) is 6.49. The summed E-state index contributed by atoms with van der Waals surface area (Å²) >= 11 is 1.40. The summed E-state index contributed by atoms with van der Waals surface area (Å²) in [6.07, 6.45) is 3.90. The van der Waals surface area contributed by atoms with Crippen LogP contribution in [0.1, 0.15) is 42.3 Å². The Morgan fingerprint density at radius 1 is 1.48 bits per heavy atom. The maximum Gasteiger partial charge on any atom is 0.267 e. The number of hydrogen-bond acceptors (Lipinski definition) is 5. The molecule has 1 saturated carbocycles. The maximum absolute atomic E-state index is 12.2. The summed E-state index contributed by atoms with van der Waals surface area (Å²) in [5.41, 5.74) is 0.622. The molecule has 110 valence electrons. The number of thiazole rings is 1. The molecule has 0 bridgehead atoms. The molecule has 1 aliphatic rings. The molecule has 2 heterocycles. The molecule has 0 aliphatic heterocycles. The Balaban J connectivity index is 1.80. The minimum absolute atomic E-state index is 0.266. The van der Waals surface area contributed by atoms with Crippen LogP contribution in [0, 0.1) is 6.92 Å². The van der Waals surface area contributed by atoms with Gasteiger partial charge >= 0.3 is 0 Å². The van der Waals surface area contributed by atoms with Crippen LogP contribution in [0.4, 0.5) is 5.13 Å². The Hall–Kier alpha value is -2.02. The molecule has 1 fully saturated rings. The minimum Gasteiger partial charge on any atom is -0.300 e. The normalized spacial score (nSPS) is 15.7. The second-order valence-electron chi connectivity index (χ2n) is 5.26. The van der Waals surface area contributed by atoms with E-state index >= 15 is 0 Å². The number of amides is 1. The molecule has 0 aromatic carbocycles. The first-order valence-electron chi connectivity index (χ1n) is 6.87. The third-order valence-electron chi connectivity index (χ3n) is 3.44. The van der Waals surface area contributed by atoms with Gasteiger partial charge in [-0.1, -0.05) is 0 Å².